The van der Waals surface area contributed by atoms with Gasteiger partial charge in [-0.15, -0.1) is 0 Å². The van der Waals surface area contributed by atoms with Gasteiger partial charge in [-0.3, -0.25) is 9.59 Å². The van der Waals surface area contributed by atoms with Crippen LogP contribution in [0, 0.1) is 33.6 Å². The number of hydrogen-bond acceptors (Lipinski definition) is 4. The minimum Gasteiger partial charge on any atom is -0.444 e. The molecular formula is C34H51N3O4. The maximum atomic E-state index is 14.7. The Kier molecular flexibility index (Phi) is 11.2. The van der Waals surface area contributed by atoms with Crippen LogP contribution in [0.15, 0.2) is 36.4 Å². The van der Waals surface area contributed by atoms with Gasteiger partial charge in [-0.25, -0.2) is 4.79 Å². The van der Waals surface area contributed by atoms with Gasteiger partial charge in [-0.1, -0.05) is 57.2 Å². The lowest BCUT2D eigenvalue weighted by Crippen LogP contribution is -2.59. The van der Waals surface area contributed by atoms with Gasteiger partial charge < -0.3 is 20.3 Å². The van der Waals surface area contributed by atoms with Crippen LogP contribution in [-0.2, 0) is 14.3 Å². The van der Waals surface area contributed by atoms with Gasteiger partial charge >= 0.3 is 6.09 Å². The van der Waals surface area contributed by atoms with Crippen LogP contribution in [-0.4, -0.2) is 40.0 Å². The number of nitrogens with zero attached hydrogens (tertiary/aromatic N) is 1. The molecule has 0 aliphatic carbocycles. The monoisotopic (exact) mass is 565 g/mol. The first-order valence-corrected chi connectivity index (χ1v) is 14.7. The van der Waals surface area contributed by atoms with E-state index < -0.39 is 29.3 Å². The topological polar surface area (TPSA) is 87.7 Å². The van der Waals surface area contributed by atoms with Crippen molar-refractivity contribution in [3.63, 3.8) is 0 Å². The molecule has 0 spiro atoms. The van der Waals surface area contributed by atoms with Gasteiger partial charge in [-0.05, 0) is 109 Å². The highest BCUT2D eigenvalue weighted by atomic mass is 16.6. The molecule has 0 bridgehead atoms. The predicted molar refractivity (Wildman–Crippen MR) is 167 cm³/mol. The van der Waals surface area contributed by atoms with Gasteiger partial charge in [0.2, 0.25) is 5.91 Å². The Morgan fingerprint density at radius 3 is 1.78 bits per heavy atom. The van der Waals surface area contributed by atoms with Gasteiger partial charge in [0.1, 0.15) is 17.7 Å². The zero-order valence-corrected chi connectivity index (χ0v) is 27.2. The zero-order chi connectivity index (χ0) is 31.3. The van der Waals surface area contributed by atoms with Crippen LogP contribution < -0.4 is 10.6 Å². The van der Waals surface area contributed by atoms with E-state index in [0.29, 0.717) is 12.8 Å². The van der Waals surface area contributed by atoms with Crippen molar-refractivity contribution in [1.82, 2.24) is 10.2 Å². The third kappa shape index (κ3) is 8.82. The molecule has 0 saturated carbocycles. The fraction of sp³-hybridized carbons (Fsp3) is 0.559. The number of rotatable bonds is 10. The Morgan fingerprint density at radius 2 is 1.34 bits per heavy atom. The number of anilines is 1. The molecule has 0 saturated heterocycles. The van der Waals surface area contributed by atoms with Crippen LogP contribution in [0.25, 0.3) is 0 Å². The summed E-state index contributed by atoms with van der Waals surface area (Å²) in [7, 11) is 0. The lowest BCUT2D eigenvalue weighted by molar-refractivity contribution is -0.148. The fourth-order valence-electron chi connectivity index (χ4n) is 5.10. The van der Waals surface area contributed by atoms with Gasteiger partial charge in [-0.2, -0.15) is 0 Å². The van der Waals surface area contributed by atoms with Gasteiger partial charge in [0.15, 0.2) is 0 Å². The van der Waals surface area contributed by atoms with Crippen LogP contribution in [0.5, 0.6) is 0 Å². The van der Waals surface area contributed by atoms with Crippen molar-refractivity contribution >= 4 is 23.6 Å². The normalized spacial score (nSPS) is 13.4. The molecule has 0 aromatic heterocycles. The Balaban J connectivity index is 2.76. The Hall–Kier alpha value is -3.35. The summed E-state index contributed by atoms with van der Waals surface area (Å²) in [6.45, 7) is 23.2. The molecule has 2 atom stereocenters. The summed E-state index contributed by atoms with van der Waals surface area (Å²) in [6.07, 6.45) is 0.332. The van der Waals surface area contributed by atoms with E-state index in [1.807, 2.05) is 98.7 Å². The summed E-state index contributed by atoms with van der Waals surface area (Å²) in [5.74, 6) is -0.511. The molecular weight excluding hydrogens is 514 g/mol. The molecule has 41 heavy (non-hydrogen) atoms. The quantitative estimate of drug-likeness (QED) is 0.311. The minimum absolute atomic E-state index is 0.104. The first-order valence-electron chi connectivity index (χ1n) is 14.7. The number of carbonyl (C=O) groups excluding carboxylic acids is 3. The smallest absolute Gasteiger partial charge is 0.408 e. The highest BCUT2D eigenvalue weighted by molar-refractivity contribution is 6.00. The summed E-state index contributed by atoms with van der Waals surface area (Å²) in [4.78, 5) is 43.8. The van der Waals surface area contributed by atoms with Gasteiger partial charge in [0, 0.05) is 11.2 Å². The summed E-state index contributed by atoms with van der Waals surface area (Å²) in [5, 5.41) is 6.01. The first-order chi connectivity index (χ1) is 18.9. The molecule has 2 N–H and O–H groups in total. The number of aryl methyl sites for hydroxylation is 4. The fourth-order valence-corrected chi connectivity index (χ4v) is 5.10. The van der Waals surface area contributed by atoms with E-state index in [1.165, 1.54) is 0 Å². The van der Waals surface area contributed by atoms with E-state index in [9.17, 15) is 14.4 Å². The van der Waals surface area contributed by atoms with Crippen molar-refractivity contribution in [2.45, 2.75) is 119 Å². The Bertz CT molecular complexity index is 1200. The number of hydrogen-bond donors (Lipinski definition) is 2. The molecule has 226 valence electrons. The third-order valence-electron chi connectivity index (χ3n) is 7.50. The minimum atomic E-state index is -0.937. The van der Waals surface area contributed by atoms with Crippen molar-refractivity contribution in [2.75, 3.05) is 5.32 Å². The lowest BCUT2D eigenvalue weighted by atomic mass is 9.87. The van der Waals surface area contributed by atoms with Crippen LogP contribution in [0.4, 0.5) is 10.5 Å². The van der Waals surface area contributed by atoms with E-state index in [-0.39, 0.29) is 17.7 Å². The summed E-state index contributed by atoms with van der Waals surface area (Å²) < 4.78 is 5.53. The van der Waals surface area contributed by atoms with E-state index in [0.717, 1.165) is 33.5 Å². The predicted octanol–water partition coefficient (Wildman–Crippen LogP) is 7.56. The van der Waals surface area contributed by atoms with E-state index in [4.69, 9.17) is 4.74 Å². The van der Waals surface area contributed by atoms with E-state index >= 15 is 0 Å². The number of nitrogens with one attached hydrogen (secondary N) is 2. The van der Waals surface area contributed by atoms with Crippen LogP contribution >= 0.6 is 0 Å². The summed E-state index contributed by atoms with van der Waals surface area (Å²) >= 11 is 0. The molecule has 2 rings (SSSR count). The van der Waals surface area contributed by atoms with Crippen LogP contribution in [0.3, 0.4) is 0 Å². The molecule has 0 radical (unpaired) electrons. The van der Waals surface area contributed by atoms with Crippen molar-refractivity contribution in [2.24, 2.45) is 5.92 Å². The van der Waals surface area contributed by atoms with Crippen molar-refractivity contribution in [3.8, 4) is 0 Å². The van der Waals surface area contributed by atoms with E-state index in [2.05, 4.69) is 10.6 Å². The zero-order valence-electron chi connectivity index (χ0n) is 27.2. The molecule has 0 aliphatic rings. The van der Waals surface area contributed by atoms with Gasteiger partial charge in [0.05, 0.1) is 0 Å². The largest absolute Gasteiger partial charge is 0.444 e. The highest BCUT2D eigenvalue weighted by Crippen LogP contribution is 2.37. The summed E-state index contributed by atoms with van der Waals surface area (Å²) in [5.41, 5.74) is 3.79. The number of benzene rings is 2. The number of amides is 3. The van der Waals surface area contributed by atoms with E-state index in [1.54, 1.807) is 25.7 Å². The highest BCUT2D eigenvalue weighted by Gasteiger charge is 2.44. The second-order valence-electron chi connectivity index (χ2n) is 13.2. The Labute approximate surface area is 247 Å². The second kappa shape index (κ2) is 13.5. The number of para-hydroxylation sites is 1. The molecule has 7 heteroatoms. The maximum absolute atomic E-state index is 14.7. The van der Waals surface area contributed by atoms with Crippen molar-refractivity contribution in [3.05, 3.63) is 64.2 Å². The standard InChI is InChI=1S/C34H51N3O4/c1-13-34(11,12)37(31(39)26(20-21(2)3)35-32(40)41-33(8,9)10)29(27-22(4)16-14-17-23(27)5)30(38)36-28-24(6)18-15-19-25(28)7/h14-19,21,26,29H,13,20H2,1-12H3,(H,35,40)(H,36,38). The lowest BCUT2D eigenvalue weighted by Gasteiger charge is -2.45. The molecule has 2 unspecified atom stereocenters. The average Bonchev–Trinajstić information content (AvgIpc) is 2.83. The SMILES string of the molecule is CCC(C)(C)N(C(=O)C(CC(C)C)NC(=O)OC(C)(C)C)C(C(=O)Nc1c(C)cccc1C)c1c(C)cccc1C. The molecule has 2 aromatic carbocycles. The molecule has 7 nitrogen and oxygen atoms in total. The third-order valence-corrected chi connectivity index (χ3v) is 7.50. The maximum Gasteiger partial charge on any atom is 0.408 e. The number of ether oxygens (including phenoxy) is 1. The molecule has 2 aromatic rings. The molecule has 0 aliphatic heterocycles. The van der Waals surface area contributed by atoms with Crippen molar-refractivity contribution < 1.29 is 19.1 Å². The molecule has 0 heterocycles. The average molecular weight is 566 g/mol. The Morgan fingerprint density at radius 1 is 0.854 bits per heavy atom. The second-order valence-corrected chi connectivity index (χ2v) is 13.2. The number of alkyl carbamates (subject to hydrolysis) is 1. The van der Waals surface area contributed by atoms with Crippen LogP contribution in [0.1, 0.15) is 102 Å². The van der Waals surface area contributed by atoms with Crippen molar-refractivity contribution in [1.29, 1.82) is 0 Å². The van der Waals surface area contributed by atoms with Gasteiger partial charge in [0.25, 0.3) is 5.91 Å². The number of carbonyl (C=O) groups is 3. The molecule has 0 fully saturated rings. The van der Waals surface area contributed by atoms with Crippen LogP contribution in [0.2, 0.25) is 0 Å². The molecule has 3 amide bonds. The summed E-state index contributed by atoms with van der Waals surface area (Å²) in [6, 6.07) is 9.94. The first kappa shape index (κ1) is 33.9.